The summed E-state index contributed by atoms with van der Waals surface area (Å²) in [5.41, 5.74) is 0. The third-order valence-electron chi connectivity index (χ3n) is 3.70. The standard InChI is InChI=1S/C16H35O3P/c1-4-7-9-10-11-12-14-18-20(17)19-15-16(6-3)13-8-5-2/h16,20H,4-15H2,1-3H3. The van der Waals surface area contributed by atoms with Gasteiger partial charge in [-0.05, 0) is 18.8 Å². The smallest absolute Gasteiger partial charge is 0.311 e. The van der Waals surface area contributed by atoms with E-state index < -0.39 is 8.25 Å². The molecule has 0 aromatic heterocycles. The summed E-state index contributed by atoms with van der Waals surface area (Å²) in [5, 5.41) is 0. The average Bonchev–Trinajstić information content (AvgIpc) is 2.46. The molecule has 0 saturated heterocycles. The molecule has 0 aromatic rings. The van der Waals surface area contributed by atoms with Gasteiger partial charge in [-0.1, -0.05) is 72.1 Å². The zero-order chi connectivity index (χ0) is 15.1. The lowest BCUT2D eigenvalue weighted by Crippen LogP contribution is -2.06. The van der Waals surface area contributed by atoms with E-state index in [1.54, 1.807) is 0 Å². The normalized spacial score (nSPS) is 14.3. The second kappa shape index (κ2) is 15.5. The maximum absolute atomic E-state index is 11.6. The van der Waals surface area contributed by atoms with Crippen molar-refractivity contribution in [2.24, 2.45) is 5.92 Å². The van der Waals surface area contributed by atoms with Gasteiger partial charge in [-0.15, -0.1) is 0 Å². The fourth-order valence-electron chi connectivity index (χ4n) is 2.16. The highest BCUT2D eigenvalue weighted by Gasteiger charge is 2.08. The fourth-order valence-corrected chi connectivity index (χ4v) is 2.93. The number of hydrogen-bond donors (Lipinski definition) is 0. The first-order valence-corrected chi connectivity index (χ1v) is 9.76. The molecule has 0 amide bonds. The van der Waals surface area contributed by atoms with E-state index >= 15 is 0 Å². The molecule has 0 radical (unpaired) electrons. The summed E-state index contributed by atoms with van der Waals surface area (Å²) in [6.45, 7) is 7.75. The molecule has 0 bridgehead atoms. The molecule has 0 fully saturated rings. The summed E-state index contributed by atoms with van der Waals surface area (Å²) in [7, 11) is -2.27. The van der Waals surface area contributed by atoms with Gasteiger partial charge in [-0.25, -0.2) is 0 Å². The van der Waals surface area contributed by atoms with Crippen LogP contribution in [0.4, 0.5) is 0 Å². The van der Waals surface area contributed by atoms with E-state index in [-0.39, 0.29) is 0 Å². The maximum atomic E-state index is 11.6. The summed E-state index contributed by atoms with van der Waals surface area (Å²) in [4.78, 5) is 0. The Morgan fingerprint density at radius 2 is 1.50 bits per heavy atom. The highest BCUT2D eigenvalue weighted by Crippen LogP contribution is 2.27. The first-order valence-electron chi connectivity index (χ1n) is 8.54. The molecule has 0 heterocycles. The Hall–Kier alpha value is 0.150. The zero-order valence-electron chi connectivity index (χ0n) is 13.8. The molecule has 3 nitrogen and oxygen atoms in total. The van der Waals surface area contributed by atoms with Crippen molar-refractivity contribution >= 4 is 8.25 Å². The molecular formula is C16H35O3P. The first-order chi connectivity index (χ1) is 9.74. The molecule has 0 aromatic carbocycles. The summed E-state index contributed by atoms with van der Waals surface area (Å²) in [6.07, 6.45) is 12.0. The highest BCUT2D eigenvalue weighted by molar-refractivity contribution is 7.33. The van der Waals surface area contributed by atoms with Crippen molar-refractivity contribution in [2.75, 3.05) is 13.2 Å². The van der Waals surface area contributed by atoms with Crippen LogP contribution in [-0.4, -0.2) is 13.2 Å². The number of unbranched alkanes of at least 4 members (excludes halogenated alkanes) is 6. The van der Waals surface area contributed by atoms with Crippen molar-refractivity contribution in [1.29, 1.82) is 0 Å². The van der Waals surface area contributed by atoms with Gasteiger partial charge in [0.15, 0.2) is 0 Å². The maximum Gasteiger partial charge on any atom is 0.319 e. The molecule has 4 heteroatoms. The largest absolute Gasteiger partial charge is 0.319 e. The summed E-state index contributed by atoms with van der Waals surface area (Å²) in [5.74, 6) is 0.529. The highest BCUT2D eigenvalue weighted by atomic mass is 31.1. The topological polar surface area (TPSA) is 35.5 Å². The summed E-state index contributed by atoms with van der Waals surface area (Å²) < 4.78 is 22.2. The van der Waals surface area contributed by atoms with Crippen LogP contribution in [0.25, 0.3) is 0 Å². The lowest BCUT2D eigenvalue weighted by Gasteiger charge is -2.14. The van der Waals surface area contributed by atoms with E-state index in [4.69, 9.17) is 9.05 Å². The monoisotopic (exact) mass is 306 g/mol. The van der Waals surface area contributed by atoms with E-state index in [2.05, 4.69) is 20.8 Å². The SMILES string of the molecule is CCCCCCCCO[PH](=O)OCC(CC)CCCC. The lowest BCUT2D eigenvalue weighted by atomic mass is 10.0. The fraction of sp³-hybridized carbons (Fsp3) is 1.00. The third kappa shape index (κ3) is 13.1. The van der Waals surface area contributed by atoms with Crippen molar-refractivity contribution in [3.63, 3.8) is 0 Å². The van der Waals surface area contributed by atoms with E-state index in [9.17, 15) is 4.57 Å². The van der Waals surface area contributed by atoms with Crippen LogP contribution in [0.3, 0.4) is 0 Å². The van der Waals surface area contributed by atoms with Crippen LogP contribution in [0.1, 0.15) is 85.0 Å². The van der Waals surface area contributed by atoms with Crippen LogP contribution in [0.5, 0.6) is 0 Å². The predicted octanol–water partition coefficient (Wildman–Crippen LogP) is 5.99. The molecule has 0 spiro atoms. The van der Waals surface area contributed by atoms with Crippen molar-refractivity contribution in [2.45, 2.75) is 85.0 Å². The van der Waals surface area contributed by atoms with Gasteiger partial charge >= 0.3 is 8.25 Å². The van der Waals surface area contributed by atoms with Gasteiger partial charge in [-0.3, -0.25) is 4.57 Å². The van der Waals surface area contributed by atoms with E-state index in [0.29, 0.717) is 19.1 Å². The third-order valence-corrected chi connectivity index (χ3v) is 4.54. The Morgan fingerprint density at radius 1 is 0.850 bits per heavy atom. The van der Waals surface area contributed by atoms with Crippen LogP contribution in [0, 0.1) is 5.92 Å². The molecule has 0 aliphatic rings. The van der Waals surface area contributed by atoms with E-state index in [0.717, 1.165) is 12.8 Å². The van der Waals surface area contributed by atoms with Gasteiger partial charge in [-0.2, -0.15) is 0 Å². The Bertz CT molecular complexity index is 222. The van der Waals surface area contributed by atoms with E-state index in [1.165, 1.54) is 51.4 Å². The van der Waals surface area contributed by atoms with Gasteiger partial charge in [0.25, 0.3) is 0 Å². The second-order valence-electron chi connectivity index (χ2n) is 5.59. The molecule has 0 rings (SSSR count). The summed E-state index contributed by atoms with van der Waals surface area (Å²) in [6, 6.07) is 0. The summed E-state index contributed by atoms with van der Waals surface area (Å²) >= 11 is 0. The van der Waals surface area contributed by atoms with Gasteiger partial charge in [0, 0.05) is 0 Å². The molecule has 0 aliphatic carbocycles. The molecular weight excluding hydrogens is 271 g/mol. The van der Waals surface area contributed by atoms with Crippen LogP contribution >= 0.6 is 8.25 Å². The van der Waals surface area contributed by atoms with Crippen LogP contribution < -0.4 is 0 Å². The Balaban J connectivity index is 3.43. The Kier molecular flexibility index (Phi) is 15.7. The average molecular weight is 306 g/mol. The van der Waals surface area contributed by atoms with Gasteiger partial charge in [0.05, 0.1) is 13.2 Å². The lowest BCUT2D eigenvalue weighted by molar-refractivity contribution is 0.187. The van der Waals surface area contributed by atoms with Gasteiger partial charge < -0.3 is 9.05 Å². The van der Waals surface area contributed by atoms with Crippen molar-refractivity contribution in [3.05, 3.63) is 0 Å². The van der Waals surface area contributed by atoms with E-state index in [1.807, 2.05) is 0 Å². The van der Waals surface area contributed by atoms with Crippen LogP contribution in [0.15, 0.2) is 0 Å². The molecule has 2 atom stereocenters. The van der Waals surface area contributed by atoms with Crippen LogP contribution in [-0.2, 0) is 13.6 Å². The van der Waals surface area contributed by atoms with Crippen LogP contribution in [0.2, 0.25) is 0 Å². The first kappa shape index (κ1) is 20.1. The quantitative estimate of drug-likeness (QED) is 0.275. The molecule has 122 valence electrons. The minimum atomic E-state index is -2.27. The Labute approximate surface area is 126 Å². The minimum absolute atomic E-state index is 0.529. The molecule has 20 heavy (non-hydrogen) atoms. The van der Waals surface area contributed by atoms with Crippen molar-refractivity contribution < 1.29 is 13.6 Å². The van der Waals surface area contributed by atoms with Crippen molar-refractivity contribution in [1.82, 2.24) is 0 Å². The number of rotatable bonds is 15. The van der Waals surface area contributed by atoms with Crippen molar-refractivity contribution in [3.8, 4) is 0 Å². The zero-order valence-corrected chi connectivity index (χ0v) is 14.8. The Morgan fingerprint density at radius 3 is 2.15 bits per heavy atom. The minimum Gasteiger partial charge on any atom is -0.311 e. The molecule has 0 saturated carbocycles. The van der Waals surface area contributed by atoms with Gasteiger partial charge in [0.1, 0.15) is 0 Å². The predicted molar refractivity (Wildman–Crippen MR) is 87.6 cm³/mol. The second-order valence-corrected chi connectivity index (χ2v) is 6.67. The van der Waals surface area contributed by atoms with Gasteiger partial charge in [0.2, 0.25) is 0 Å². The molecule has 0 aliphatic heterocycles. The molecule has 2 unspecified atom stereocenters. The number of hydrogen-bond acceptors (Lipinski definition) is 3. The molecule has 0 N–H and O–H groups in total.